The van der Waals surface area contributed by atoms with Crippen LogP contribution >= 0.6 is 0 Å². The molecule has 8 nitrogen and oxygen atoms in total. The first-order valence-corrected chi connectivity index (χ1v) is 8.01. The second kappa shape index (κ2) is 6.51. The lowest BCUT2D eigenvalue weighted by Gasteiger charge is -2.05. The number of amides is 1. The number of benzene rings is 1. The number of fused-ring (bicyclic) bond motifs is 1. The average molecular weight is 391 g/mol. The zero-order valence-corrected chi connectivity index (χ0v) is 14.3. The van der Waals surface area contributed by atoms with Crippen molar-refractivity contribution in [3.05, 3.63) is 48.3 Å². The molecular weight excluding hydrogens is 379 g/mol. The highest BCUT2D eigenvalue weighted by molar-refractivity contribution is 5.93. The van der Waals surface area contributed by atoms with E-state index in [1.165, 1.54) is 12.5 Å². The largest absolute Gasteiger partial charge is 0.471 e. The molecule has 28 heavy (non-hydrogen) atoms. The van der Waals surface area contributed by atoms with Gasteiger partial charge in [-0.1, -0.05) is 10.3 Å². The van der Waals surface area contributed by atoms with Gasteiger partial charge in [-0.15, -0.1) is 0 Å². The summed E-state index contributed by atoms with van der Waals surface area (Å²) in [6.45, 7) is 1.87. The van der Waals surface area contributed by atoms with Gasteiger partial charge in [0.25, 0.3) is 0 Å². The Morgan fingerprint density at radius 2 is 2.14 bits per heavy atom. The Morgan fingerprint density at radius 3 is 2.82 bits per heavy atom. The summed E-state index contributed by atoms with van der Waals surface area (Å²) >= 11 is 0. The van der Waals surface area contributed by atoms with Crippen molar-refractivity contribution < 1.29 is 27.0 Å². The molecule has 0 unspecified atom stereocenters. The zero-order chi connectivity index (χ0) is 19.9. The van der Waals surface area contributed by atoms with Crippen LogP contribution in [-0.2, 0) is 17.5 Å². The lowest BCUT2D eigenvalue weighted by molar-refractivity contribution is -0.159. The summed E-state index contributed by atoms with van der Waals surface area (Å²) in [5, 5.41) is 10.3. The molecule has 0 spiro atoms. The molecule has 11 heteroatoms. The fraction of sp³-hybridized carbons (Fsp3) is 0.176. The van der Waals surface area contributed by atoms with Crippen LogP contribution in [0.25, 0.3) is 22.3 Å². The molecule has 0 radical (unpaired) electrons. The summed E-state index contributed by atoms with van der Waals surface area (Å²) in [6.07, 6.45) is -0.238. The normalized spacial score (nSPS) is 11.9. The maximum Gasteiger partial charge on any atom is 0.471 e. The van der Waals surface area contributed by atoms with Gasteiger partial charge in [0, 0.05) is 22.7 Å². The van der Waals surface area contributed by atoms with E-state index < -0.39 is 12.1 Å². The van der Waals surface area contributed by atoms with E-state index in [4.69, 9.17) is 0 Å². The minimum atomic E-state index is -4.70. The monoisotopic (exact) mass is 391 g/mol. The molecule has 4 rings (SSSR count). The number of rotatable bonds is 4. The van der Waals surface area contributed by atoms with Gasteiger partial charge in [-0.2, -0.15) is 18.2 Å². The van der Waals surface area contributed by atoms with E-state index >= 15 is 0 Å². The molecule has 0 atom stereocenters. The fourth-order valence-corrected chi connectivity index (χ4v) is 2.82. The topological polar surface area (TPSA) is 99.0 Å². The maximum absolute atomic E-state index is 12.6. The molecule has 3 aromatic heterocycles. The molecule has 0 bridgehead atoms. The van der Waals surface area contributed by atoms with E-state index in [1.807, 2.05) is 6.92 Å². The number of carbonyl (C=O) groups excluding carboxylic acids is 1. The first-order valence-electron chi connectivity index (χ1n) is 8.01. The molecule has 0 aliphatic rings. The molecule has 1 N–H and O–H groups in total. The second-order valence-electron chi connectivity index (χ2n) is 6.05. The van der Waals surface area contributed by atoms with Crippen LogP contribution in [0.4, 0.5) is 18.9 Å². The minimum Gasteiger partial charge on any atom is -0.363 e. The number of carbonyl (C=O) groups is 1. The summed E-state index contributed by atoms with van der Waals surface area (Å²) in [4.78, 5) is 15.6. The molecule has 0 saturated heterocycles. The van der Waals surface area contributed by atoms with Crippen LogP contribution in [0.3, 0.4) is 0 Å². The quantitative estimate of drug-likeness (QED) is 0.570. The predicted octanol–water partition coefficient (Wildman–Crippen LogP) is 3.65. The Balaban J connectivity index is 1.62. The number of aryl methyl sites for hydroxylation is 1. The third-order valence-electron chi connectivity index (χ3n) is 4.04. The first-order chi connectivity index (χ1) is 13.3. The Bertz CT molecular complexity index is 1140. The summed E-state index contributed by atoms with van der Waals surface area (Å²) in [5.41, 5.74) is 2.40. The molecular formula is C17H12F3N5O3. The fourth-order valence-electron chi connectivity index (χ4n) is 2.82. The lowest BCUT2D eigenvalue weighted by atomic mass is 10.1. The Morgan fingerprint density at radius 1 is 1.32 bits per heavy atom. The number of halogens is 3. The van der Waals surface area contributed by atoms with Crippen LogP contribution < -0.4 is 5.32 Å². The number of hydrogen-bond donors (Lipinski definition) is 1. The van der Waals surface area contributed by atoms with Crippen molar-refractivity contribution in [2.75, 3.05) is 5.32 Å². The molecule has 0 aliphatic carbocycles. The van der Waals surface area contributed by atoms with E-state index in [-0.39, 0.29) is 18.3 Å². The third kappa shape index (κ3) is 3.33. The van der Waals surface area contributed by atoms with Crippen LogP contribution in [0.5, 0.6) is 0 Å². The maximum atomic E-state index is 12.6. The number of alkyl halides is 3. The third-order valence-corrected chi connectivity index (χ3v) is 4.04. The van der Waals surface area contributed by atoms with Crippen LogP contribution in [0.1, 0.15) is 11.5 Å². The van der Waals surface area contributed by atoms with Crippen LogP contribution in [0.15, 0.2) is 45.9 Å². The van der Waals surface area contributed by atoms with E-state index in [1.54, 1.807) is 29.0 Å². The molecule has 1 amide bonds. The van der Waals surface area contributed by atoms with Crippen molar-refractivity contribution in [1.82, 2.24) is 19.9 Å². The molecule has 0 fully saturated rings. The van der Waals surface area contributed by atoms with Gasteiger partial charge in [-0.05, 0) is 30.7 Å². The van der Waals surface area contributed by atoms with Gasteiger partial charge in [-0.25, -0.2) is 0 Å². The second-order valence-corrected chi connectivity index (χ2v) is 6.05. The Kier molecular flexibility index (Phi) is 4.13. The van der Waals surface area contributed by atoms with E-state index in [0.717, 1.165) is 16.5 Å². The molecule has 0 saturated carbocycles. The summed E-state index contributed by atoms with van der Waals surface area (Å²) in [5.74, 6) is -1.84. The Hall–Kier alpha value is -3.63. The van der Waals surface area contributed by atoms with Crippen LogP contribution in [-0.4, -0.2) is 25.8 Å². The molecule has 1 aromatic carbocycles. The molecule has 144 valence electrons. The number of nitrogens with one attached hydrogen (secondary N) is 1. The SMILES string of the molecule is Cc1cn(CC(=O)Nc2cnoc2)c2ccc(-c3noc(C(F)(F)F)n3)cc12. The van der Waals surface area contributed by atoms with Crippen molar-refractivity contribution in [2.24, 2.45) is 0 Å². The van der Waals surface area contributed by atoms with Crippen molar-refractivity contribution in [3.8, 4) is 11.4 Å². The number of aromatic nitrogens is 4. The minimum absolute atomic E-state index is 0.0370. The highest BCUT2D eigenvalue weighted by Crippen LogP contribution is 2.31. The molecule has 0 aliphatic heterocycles. The predicted molar refractivity (Wildman–Crippen MR) is 90.1 cm³/mol. The van der Waals surface area contributed by atoms with E-state index in [9.17, 15) is 18.0 Å². The number of hydrogen-bond acceptors (Lipinski definition) is 6. The summed E-state index contributed by atoms with van der Waals surface area (Å²) in [7, 11) is 0. The van der Waals surface area contributed by atoms with E-state index in [0.29, 0.717) is 11.3 Å². The Labute approximate surface area is 154 Å². The lowest BCUT2D eigenvalue weighted by Crippen LogP contribution is -2.17. The molecule has 3 heterocycles. The summed E-state index contributed by atoms with van der Waals surface area (Å²) in [6, 6.07) is 4.92. The van der Waals surface area contributed by atoms with Crippen molar-refractivity contribution in [2.45, 2.75) is 19.6 Å². The zero-order valence-electron chi connectivity index (χ0n) is 14.3. The van der Waals surface area contributed by atoms with Crippen LogP contribution in [0.2, 0.25) is 0 Å². The number of anilines is 1. The van der Waals surface area contributed by atoms with Crippen molar-refractivity contribution >= 4 is 22.5 Å². The van der Waals surface area contributed by atoms with Crippen molar-refractivity contribution in [3.63, 3.8) is 0 Å². The van der Waals surface area contributed by atoms with Crippen LogP contribution in [0, 0.1) is 6.92 Å². The van der Waals surface area contributed by atoms with Crippen molar-refractivity contribution in [1.29, 1.82) is 0 Å². The average Bonchev–Trinajstić information content (AvgIpc) is 3.36. The van der Waals surface area contributed by atoms with Gasteiger partial charge in [0.15, 0.2) is 0 Å². The van der Waals surface area contributed by atoms with Gasteiger partial charge in [0.2, 0.25) is 11.7 Å². The van der Waals surface area contributed by atoms with E-state index in [2.05, 4.69) is 29.7 Å². The summed E-state index contributed by atoms with van der Waals surface area (Å²) < 4.78 is 48.6. The number of nitrogens with zero attached hydrogens (tertiary/aromatic N) is 4. The van der Waals surface area contributed by atoms with Gasteiger partial charge in [0.1, 0.15) is 18.5 Å². The standard InChI is InChI=1S/C17H12F3N5O3/c1-9-6-25(7-14(26)22-11-5-21-27-8-11)13-3-2-10(4-12(9)13)15-23-16(28-24-15)17(18,19)20/h2-6,8H,7H2,1H3,(H,22,26). The van der Waals surface area contributed by atoms with Gasteiger partial charge < -0.3 is 18.9 Å². The van der Waals surface area contributed by atoms with Gasteiger partial charge in [-0.3, -0.25) is 4.79 Å². The highest BCUT2D eigenvalue weighted by Gasteiger charge is 2.38. The van der Waals surface area contributed by atoms with Gasteiger partial charge >= 0.3 is 12.1 Å². The molecule has 4 aromatic rings. The van der Waals surface area contributed by atoms with Gasteiger partial charge in [0.05, 0.1) is 6.20 Å². The first kappa shape index (κ1) is 17.8. The smallest absolute Gasteiger partial charge is 0.363 e. The highest BCUT2D eigenvalue weighted by atomic mass is 19.4.